The Labute approximate surface area is 320 Å². The molecule has 0 aliphatic carbocycles. The predicted molar refractivity (Wildman–Crippen MR) is 229 cm³/mol. The van der Waals surface area contributed by atoms with Crippen molar-refractivity contribution in [2.45, 2.75) is 0 Å². The molecule has 0 aliphatic heterocycles. The average molecular weight is 702 g/mol. The van der Waals surface area contributed by atoms with Gasteiger partial charge in [-0.25, -0.2) is 9.97 Å². The van der Waals surface area contributed by atoms with Crippen molar-refractivity contribution in [3.63, 3.8) is 0 Å². The third kappa shape index (κ3) is 6.18. The molecule has 0 unspecified atom stereocenters. The summed E-state index contributed by atoms with van der Waals surface area (Å²) in [6.45, 7) is 0. The molecule has 0 fully saturated rings. The number of rotatable bonds is 7. The van der Waals surface area contributed by atoms with E-state index in [1.54, 1.807) is 0 Å². The second-order valence-corrected chi connectivity index (χ2v) is 13.8. The van der Waals surface area contributed by atoms with Crippen molar-refractivity contribution in [3.05, 3.63) is 212 Å². The van der Waals surface area contributed by atoms with Crippen molar-refractivity contribution < 1.29 is 0 Å². The molecule has 0 bridgehead atoms. The van der Waals surface area contributed by atoms with Crippen LogP contribution in [0.3, 0.4) is 0 Å². The number of hydrogen-bond donors (Lipinski definition) is 0. The molecule has 10 aromatic rings. The van der Waals surface area contributed by atoms with Crippen molar-refractivity contribution in [2.24, 2.45) is 0 Å². The fraction of sp³-hybridized carbons (Fsp3) is 0. The quantitative estimate of drug-likeness (QED) is 0.166. The summed E-state index contributed by atoms with van der Waals surface area (Å²) in [5.74, 6) is 0.694. The zero-order valence-corrected chi connectivity index (χ0v) is 30.0. The number of fused-ring (bicyclic) bond motifs is 3. The van der Waals surface area contributed by atoms with Gasteiger partial charge in [-0.05, 0) is 63.7 Å². The minimum Gasteiger partial charge on any atom is -0.309 e. The van der Waals surface area contributed by atoms with Crippen LogP contribution in [-0.2, 0) is 0 Å². The maximum atomic E-state index is 5.15. The maximum Gasteiger partial charge on any atom is 0.160 e. The Kier molecular flexibility index (Phi) is 8.16. The zero-order valence-electron chi connectivity index (χ0n) is 30.0. The van der Waals surface area contributed by atoms with Crippen LogP contribution in [0.2, 0.25) is 0 Å². The minimum absolute atomic E-state index is 0.694. The molecule has 3 nitrogen and oxygen atoms in total. The zero-order chi connectivity index (χ0) is 36.6. The number of para-hydroxylation sites is 2. The lowest BCUT2D eigenvalue weighted by atomic mass is 10.00. The molecule has 0 radical (unpaired) electrons. The van der Waals surface area contributed by atoms with Crippen molar-refractivity contribution in [1.29, 1.82) is 0 Å². The molecule has 8 aromatic carbocycles. The van der Waals surface area contributed by atoms with Gasteiger partial charge < -0.3 is 4.57 Å². The first-order valence-corrected chi connectivity index (χ1v) is 18.7. The summed E-state index contributed by atoms with van der Waals surface area (Å²) in [6, 6.07) is 75.0. The van der Waals surface area contributed by atoms with Crippen LogP contribution in [0, 0.1) is 0 Å². The molecule has 0 saturated carbocycles. The van der Waals surface area contributed by atoms with Gasteiger partial charge in [0.05, 0.1) is 22.4 Å². The monoisotopic (exact) mass is 701 g/mol. The molecule has 2 heterocycles. The SMILES string of the molecule is c1ccc(-c2ccc(-c3cc(-c4ccc(-c5ccccc5)cc4)nc(-c4ccc(-c5ccc(-n6c7ccccc7c7ccccc76)cc5)cc4)n3)cc2)cc1. The van der Waals surface area contributed by atoms with E-state index in [-0.39, 0.29) is 0 Å². The van der Waals surface area contributed by atoms with Crippen molar-refractivity contribution in [3.8, 4) is 73.0 Å². The maximum absolute atomic E-state index is 5.15. The van der Waals surface area contributed by atoms with Gasteiger partial charge in [0.25, 0.3) is 0 Å². The first kappa shape index (κ1) is 32.3. The van der Waals surface area contributed by atoms with Crippen LogP contribution in [0.1, 0.15) is 0 Å². The van der Waals surface area contributed by atoms with Crippen molar-refractivity contribution in [2.75, 3.05) is 0 Å². The average Bonchev–Trinajstić information content (AvgIpc) is 3.61. The van der Waals surface area contributed by atoms with E-state index < -0.39 is 0 Å². The summed E-state index contributed by atoms with van der Waals surface area (Å²) in [4.78, 5) is 10.3. The highest BCUT2D eigenvalue weighted by molar-refractivity contribution is 6.09. The molecule has 55 heavy (non-hydrogen) atoms. The molecule has 0 amide bonds. The number of hydrogen-bond acceptors (Lipinski definition) is 2. The largest absolute Gasteiger partial charge is 0.309 e. The van der Waals surface area contributed by atoms with Gasteiger partial charge in [-0.1, -0.05) is 182 Å². The van der Waals surface area contributed by atoms with Crippen molar-refractivity contribution in [1.82, 2.24) is 14.5 Å². The number of nitrogens with zero attached hydrogens (tertiary/aromatic N) is 3. The van der Waals surface area contributed by atoms with Crippen molar-refractivity contribution >= 4 is 21.8 Å². The van der Waals surface area contributed by atoms with Crippen LogP contribution in [0.4, 0.5) is 0 Å². The molecular weight excluding hydrogens is 667 g/mol. The van der Waals surface area contributed by atoms with Crippen LogP contribution >= 0.6 is 0 Å². The summed E-state index contributed by atoms with van der Waals surface area (Å²) in [5, 5.41) is 2.53. The van der Waals surface area contributed by atoms with Gasteiger partial charge in [-0.15, -0.1) is 0 Å². The first-order valence-electron chi connectivity index (χ1n) is 18.7. The van der Waals surface area contributed by atoms with E-state index in [2.05, 4.69) is 205 Å². The molecule has 0 N–H and O–H groups in total. The topological polar surface area (TPSA) is 30.7 Å². The lowest BCUT2D eigenvalue weighted by Gasteiger charge is -2.12. The van der Waals surface area contributed by atoms with Gasteiger partial charge >= 0.3 is 0 Å². The van der Waals surface area contributed by atoms with E-state index in [1.165, 1.54) is 44.1 Å². The molecule has 258 valence electrons. The van der Waals surface area contributed by atoms with E-state index in [0.29, 0.717) is 5.82 Å². The van der Waals surface area contributed by atoms with Gasteiger partial charge in [0.2, 0.25) is 0 Å². The predicted octanol–water partition coefficient (Wildman–Crippen LogP) is 13.6. The molecule has 10 rings (SSSR count). The second kappa shape index (κ2) is 13.9. The highest BCUT2D eigenvalue weighted by atomic mass is 15.0. The van der Waals surface area contributed by atoms with Gasteiger partial charge in [-0.3, -0.25) is 0 Å². The van der Waals surface area contributed by atoms with Gasteiger partial charge in [0.1, 0.15) is 0 Å². The molecule has 2 aromatic heterocycles. The molecule has 0 spiro atoms. The standard InChI is InChI=1S/C52H35N3/c1-3-11-36(12-4-1)38-19-25-42(26-20-38)48-35-49(43-27-21-39(22-28-43)37-13-5-2-6-14-37)54-52(53-48)44-29-23-40(24-30-44)41-31-33-45(34-32-41)55-50-17-9-7-15-46(50)47-16-8-10-18-51(47)55/h1-35H. The summed E-state index contributed by atoms with van der Waals surface area (Å²) in [6.07, 6.45) is 0. The number of benzene rings is 8. The summed E-state index contributed by atoms with van der Waals surface area (Å²) in [5.41, 5.74) is 15.4. The fourth-order valence-corrected chi connectivity index (χ4v) is 7.62. The third-order valence-electron chi connectivity index (χ3n) is 10.5. The van der Waals surface area contributed by atoms with Crippen LogP contribution in [0.5, 0.6) is 0 Å². The second-order valence-electron chi connectivity index (χ2n) is 13.8. The Balaban J connectivity index is 0.992. The van der Waals surface area contributed by atoms with E-state index in [0.717, 1.165) is 44.9 Å². The Morgan fingerprint density at radius 2 is 0.600 bits per heavy atom. The fourth-order valence-electron chi connectivity index (χ4n) is 7.62. The molecular formula is C52H35N3. The summed E-state index contributed by atoms with van der Waals surface area (Å²) in [7, 11) is 0. The molecule has 0 aliphatic rings. The van der Waals surface area contributed by atoms with Crippen LogP contribution < -0.4 is 0 Å². The lowest BCUT2D eigenvalue weighted by Crippen LogP contribution is -1.96. The smallest absolute Gasteiger partial charge is 0.160 e. The van der Waals surface area contributed by atoms with E-state index in [4.69, 9.17) is 9.97 Å². The Bertz CT molecular complexity index is 2760. The Morgan fingerprint density at radius 3 is 1.04 bits per heavy atom. The molecule has 3 heteroatoms. The molecule has 0 saturated heterocycles. The summed E-state index contributed by atoms with van der Waals surface area (Å²) >= 11 is 0. The number of aromatic nitrogens is 3. The van der Waals surface area contributed by atoms with Gasteiger partial charge in [0, 0.05) is 33.2 Å². The van der Waals surface area contributed by atoms with E-state index >= 15 is 0 Å². The minimum atomic E-state index is 0.694. The Morgan fingerprint density at radius 1 is 0.273 bits per heavy atom. The lowest BCUT2D eigenvalue weighted by molar-refractivity contribution is 1.18. The van der Waals surface area contributed by atoms with Gasteiger partial charge in [-0.2, -0.15) is 0 Å². The normalized spacial score (nSPS) is 11.3. The van der Waals surface area contributed by atoms with E-state index in [1.807, 2.05) is 12.1 Å². The third-order valence-corrected chi connectivity index (χ3v) is 10.5. The first-order chi connectivity index (χ1) is 27.2. The van der Waals surface area contributed by atoms with Crippen LogP contribution in [0.25, 0.3) is 94.8 Å². The van der Waals surface area contributed by atoms with Crippen LogP contribution in [-0.4, -0.2) is 14.5 Å². The highest BCUT2D eigenvalue weighted by Gasteiger charge is 2.14. The highest BCUT2D eigenvalue weighted by Crippen LogP contribution is 2.34. The van der Waals surface area contributed by atoms with Crippen LogP contribution in [0.15, 0.2) is 212 Å². The van der Waals surface area contributed by atoms with E-state index in [9.17, 15) is 0 Å². The Hall–Kier alpha value is -7.36. The summed E-state index contributed by atoms with van der Waals surface area (Å²) < 4.78 is 2.35. The molecule has 0 atom stereocenters. The van der Waals surface area contributed by atoms with Gasteiger partial charge in [0.15, 0.2) is 5.82 Å².